The van der Waals surface area contributed by atoms with Crippen LogP contribution in [0.3, 0.4) is 0 Å². The van der Waals surface area contributed by atoms with Gasteiger partial charge in [0.05, 0.1) is 0 Å². The van der Waals surface area contributed by atoms with Crippen LogP contribution in [-0.2, 0) is 20.7 Å². The summed E-state index contributed by atoms with van der Waals surface area (Å²) in [4.78, 5) is 27.5. The fourth-order valence-electron chi connectivity index (χ4n) is 3.05. The van der Waals surface area contributed by atoms with Crippen molar-refractivity contribution < 1.29 is 23.9 Å². The monoisotopic (exact) mass is 463 g/mol. The summed E-state index contributed by atoms with van der Waals surface area (Å²) < 4.78 is 14.7. The second-order valence-electron chi connectivity index (χ2n) is 7.42. The lowest BCUT2D eigenvalue weighted by Crippen LogP contribution is -2.32. The Hall–Kier alpha value is -2.37. The molecule has 8 heteroatoms. The van der Waals surface area contributed by atoms with E-state index in [0.29, 0.717) is 12.5 Å². The summed E-state index contributed by atoms with van der Waals surface area (Å²) >= 11 is 4.20. The van der Waals surface area contributed by atoms with Crippen molar-refractivity contribution in [1.29, 1.82) is 0 Å². The molecule has 0 aliphatic rings. The first-order valence-electron chi connectivity index (χ1n) is 9.83. The van der Waals surface area contributed by atoms with Gasteiger partial charge in [-0.25, -0.2) is 9.36 Å². The molecule has 0 heterocycles. The van der Waals surface area contributed by atoms with Crippen LogP contribution >= 0.6 is 18.2 Å². The predicted octanol–water partition coefficient (Wildman–Crippen LogP) is 5.73. The highest BCUT2D eigenvalue weighted by molar-refractivity contribution is 7.79. The Kier molecular flexibility index (Phi) is 9.53. The molecule has 0 saturated carbocycles. The van der Waals surface area contributed by atoms with Gasteiger partial charge in [-0.3, -0.25) is 0 Å². The van der Waals surface area contributed by atoms with E-state index in [1.54, 1.807) is 0 Å². The summed E-state index contributed by atoms with van der Waals surface area (Å²) in [5.74, 6) is 0.169. The van der Waals surface area contributed by atoms with Crippen LogP contribution in [0.5, 0.6) is 0 Å². The molecule has 0 bridgehead atoms. The number of benzene rings is 3. The lowest BCUT2D eigenvalue weighted by molar-refractivity contribution is -0.146. The first-order valence-corrected chi connectivity index (χ1v) is 12.4. The van der Waals surface area contributed by atoms with Crippen LogP contribution in [0, 0.1) is 5.92 Å². The maximum absolute atomic E-state index is 12.7. The minimum atomic E-state index is -4.17. The van der Waals surface area contributed by atoms with Crippen LogP contribution < -0.4 is 5.32 Å². The summed E-state index contributed by atoms with van der Waals surface area (Å²) in [6, 6.07) is 23.7. The van der Waals surface area contributed by atoms with Gasteiger partial charge in [0, 0.05) is 22.3 Å². The number of carbonyl (C=O) groups excluding carboxylic acids is 1. The lowest BCUT2D eigenvalue weighted by Gasteiger charge is -2.21. The van der Waals surface area contributed by atoms with Crippen LogP contribution in [0.15, 0.2) is 72.8 Å². The van der Waals surface area contributed by atoms with E-state index in [0.717, 1.165) is 28.4 Å². The van der Waals surface area contributed by atoms with Crippen molar-refractivity contribution in [2.75, 3.05) is 5.32 Å². The van der Waals surface area contributed by atoms with Crippen LogP contribution in [0.4, 0.5) is 5.69 Å². The first kappa shape index (κ1) is 24.9. The molecule has 0 amide bonds. The summed E-state index contributed by atoms with van der Waals surface area (Å²) in [5.41, 5.74) is 1.96. The largest absolute Gasteiger partial charge is 0.459 e. The van der Waals surface area contributed by atoms with Crippen molar-refractivity contribution in [2.24, 2.45) is 5.92 Å². The molecular formula is C23H27ClNO5P. The van der Waals surface area contributed by atoms with E-state index in [1.807, 2.05) is 54.6 Å². The molecule has 0 aromatic heterocycles. The molecule has 3 aromatic carbocycles. The van der Waals surface area contributed by atoms with Gasteiger partial charge in [0.15, 0.2) is 0 Å². The molecule has 31 heavy (non-hydrogen) atoms. The molecule has 6 nitrogen and oxygen atoms in total. The maximum Gasteiger partial charge on any atom is 0.419 e. The summed E-state index contributed by atoms with van der Waals surface area (Å²) in [6.45, 7) is 0.357. The number of carbonyl (C=O) groups is 1. The second kappa shape index (κ2) is 11.9. The van der Waals surface area contributed by atoms with E-state index >= 15 is 0 Å². The van der Waals surface area contributed by atoms with Crippen molar-refractivity contribution in [3.05, 3.63) is 78.4 Å². The van der Waals surface area contributed by atoms with Gasteiger partial charge in [0.1, 0.15) is 12.6 Å². The first-order chi connectivity index (χ1) is 14.6. The number of hydrogen-bond acceptors (Lipinski definition) is 4. The number of halogens is 1. The molecule has 0 fully saturated rings. The predicted molar refractivity (Wildman–Crippen MR) is 125 cm³/mol. The molecule has 3 rings (SSSR count). The van der Waals surface area contributed by atoms with E-state index < -0.39 is 6.95 Å². The van der Waals surface area contributed by atoms with Crippen LogP contribution in [0.1, 0.15) is 25.8 Å². The van der Waals surface area contributed by atoms with Crippen LogP contribution in [0.2, 0.25) is 0 Å². The third-order valence-corrected chi connectivity index (χ3v) is 4.33. The van der Waals surface area contributed by atoms with Crippen molar-refractivity contribution >= 4 is 40.6 Å². The maximum atomic E-state index is 12.7. The number of nitrogens with one attached hydrogen (secondary N) is 1. The van der Waals surface area contributed by atoms with Crippen LogP contribution in [-0.4, -0.2) is 21.8 Å². The highest BCUT2D eigenvalue weighted by Crippen LogP contribution is 2.39. The Morgan fingerprint density at radius 1 is 1.00 bits per heavy atom. The van der Waals surface area contributed by atoms with E-state index in [4.69, 9.17) is 19.1 Å². The highest BCUT2D eigenvalue weighted by atomic mass is 35.7. The minimum Gasteiger partial charge on any atom is -0.459 e. The molecule has 3 aromatic rings. The summed E-state index contributed by atoms with van der Waals surface area (Å²) in [5, 5.41) is 5.68. The average Bonchev–Trinajstić information content (AvgIpc) is 2.71. The van der Waals surface area contributed by atoms with E-state index in [-0.39, 0.29) is 12.0 Å². The molecule has 1 atom stereocenters. The van der Waals surface area contributed by atoms with Gasteiger partial charge in [0.2, 0.25) is 0 Å². The number of rotatable bonds is 7. The van der Waals surface area contributed by atoms with Gasteiger partial charge in [-0.2, -0.15) is 0 Å². The molecule has 0 saturated heterocycles. The molecule has 0 spiro atoms. The molecule has 3 N–H and O–H groups in total. The number of hydrogen-bond donors (Lipinski definition) is 3. The summed E-state index contributed by atoms with van der Waals surface area (Å²) in [6.07, 6.45) is 0.719. The van der Waals surface area contributed by atoms with Gasteiger partial charge in [0.25, 0.3) is 0 Å². The third-order valence-electron chi connectivity index (χ3n) is 4.33. The van der Waals surface area contributed by atoms with Gasteiger partial charge in [-0.1, -0.05) is 80.6 Å². The molecule has 0 aliphatic heterocycles. The Balaban J connectivity index is 0.000000614. The van der Waals surface area contributed by atoms with Crippen molar-refractivity contribution in [3.63, 3.8) is 0 Å². The molecule has 1 unspecified atom stereocenters. The smallest absolute Gasteiger partial charge is 0.419 e. The fraction of sp³-hybridized carbons (Fsp3) is 0.261. The Morgan fingerprint density at radius 3 is 2.23 bits per heavy atom. The number of anilines is 1. The SMILES string of the molecule is CC(C)CC(Nc1cccc2ccccc12)C(=O)OCc1ccccc1.O=P(O)(O)Cl. The van der Waals surface area contributed by atoms with E-state index in [2.05, 4.69) is 48.6 Å². The fourth-order valence-corrected chi connectivity index (χ4v) is 3.05. The van der Waals surface area contributed by atoms with Gasteiger partial charge in [-0.05, 0) is 29.4 Å². The molecular weight excluding hydrogens is 437 g/mol. The lowest BCUT2D eigenvalue weighted by atomic mass is 10.0. The molecule has 0 aliphatic carbocycles. The minimum absolute atomic E-state index is 0.213. The zero-order valence-corrected chi connectivity index (χ0v) is 19.1. The van der Waals surface area contributed by atoms with Gasteiger partial charge in [-0.15, -0.1) is 0 Å². The van der Waals surface area contributed by atoms with Crippen molar-refractivity contribution in [1.82, 2.24) is 0 Å². The topological polar surface area (TPSA) is 95.9 Å². The zero-order chi connectivity index (χ0) is 22.9. The van der Waals surface area contributed by atoms with Gasteiger partial charge < -0.3 is 19.8 Å². The zero-order valence-electron chi connectivity index (χ0n) is 17.4. The number of fused-ring (bicyclic) bond motifs is 1. The van der Waals surface area contributed by atoms with E-state index in [1.165, 1.54) is 0 Å². The van der Waals surface area contributed by atoms with Crippen LogP contribution in [0.25, 0.3) is 10.8 Å². The Labute approximate surface area is 187 Å². The number of esters is 1. The van der Waals surface area contributed by atoms with E-state index in [9.17, 15) is 4.79 Å². The quantitative estimate of drug-likeness (QED) is 0.306. The van der Waals surface area contributed by atoms with Crippen molar-refractivity contribution in [3.8, 4) is 0 Å². The van der Waals surface area contributed by atoms with Gasteiger partial charge >= 0.3 is 12.9 Å². The van der Waals surface area contributed by atoms with Crippen molar-refractivity contribution in [2.45, 2.75) is 32.9 Å². The molecule has 166 valence electrons. The number of ether oxygens (including phenoxy) is 1. The Morgan fingerprint density at radius 2 is 1.58 bits per heavy atom. The normalized spacial score (nSPS) is 12.1. The highest BCUT2D eigenvalue weighted by Gasteiger charge is 2.22. The Bertz CT molecular complexity index is 1010. The summed E-state index contributed by atoms with van der Waals surface area (Å²) in [7, 11) is 0. The second-order valence-corrected chi connectivity index (χ2v) is 9.69. The standard InChI is InChI=1S/C23H25NO2.ClH2O3P/c1-17(2)15-22(23(25)26-16-18-9-4-3-5-10-18)24-21-14-8-12-19-11-6-7-13-20(19)21;1-5(2,3)4/h3-14,17,22,24H,15-16H2,1-2H3;(H2,2,3,4). The average molecular weight is 464 g/mol. The third kappa shape index (κ3) is 9.53. The molecule has 0 radical (unpaired) electrons.